The number of methoxy groups -OCH3 is 1. The zero-order valence-electron chi connectivity index (χ0n) is 15.9. The first-order chi connectivity index (χ1) is 13.9. The summed E-state index contributed by atoms with van der Waals surface area (Å²) < 4.78 is 39.5. The van der Waals surface area contributed by atoms with Crippen molar-refractivity contribution in [1.82, 2.24) is 0 Å². The Bertz CT molecular complexity index is 1190. The van der Waals surface area contributed by atoms with Gasteiger partial charge in [0.05, 0.1) is 18.7 Å². The molecule has 0 bridgehead atoms. The van der Waals surface area contributed by atoms with Crippen molar-refractivity contribution in [3.63, 3.8) is 0 Å². The molecule has 8 heteroatoms. The Labute approximate surface area is 169 Å². The molecular weight excluding hydrogens is 390 g/mol. The average Bonchev–Trinajstić information content (AvgIpc) is 2.73. The van der Waals surface area contributed by atoms with Gasteiger partial charge in [-0.3, -0.25) is 4.31 Å². The van der Waals surface area contributed by atoms with Crippen LogP contribution in [0, 0.1) is 11.3 Å². The molecular formula is C21H19N3O4S. The third-order valence-corrected chi connectivity index (χ3v) is 7.11. The molecule has 148 valence electrons. The van der Waals surface area contributed by atoms with E-state index >= 15 is 0 Å². The molecule has 0 radical (unpaired) electrons. The minimum Gasteiger partial charge on any atom is -0.497 e. The molecule has 7 nitrogen and oxygen atoms in total. The zero-order valence-corrected chi connectivity index (χ0v) is 16.7. The number of ether oxygens (including phenoxy) is 2. The number of nitrogens with zero attached hydrogens (tertiary/aromatic N) is 2. The number of rotatable bonds is 3. The Kier molecular flexibility index (Phi) is 4.47. The standard InChI is InChI=1S/C21H19N3O4S/c1-3-24-17-7-5-4-6-15(17)19-20(29(24,25)26)18(16(12-22)21(23)28-19)13-8-10-14(27-2)11-9-13/h4-11,18H,3,23H2,1-2H3/t18-/m1/s1. The summed E-state index contributed by atoms with van der Waals surface area (Å²) in [5.41, 5.74) is 7.88. The van der Waals surface area contributed by atoms with Crippen molar-refractivity contribution in [2.75, 3.05) is 18.0 Å². The molecule has 2 aliphatic heterocycles. The summed E-state index contributed by atoms with van der Waals surface area (Å²) >= 11 is 0. The molecule has 2 N–H and O–H groups in total. The van der Waals surface area contributed by atoms with E-state index in [1.54, 1.807) is 62.6 Å². The van der Waals surface area contributed by atoms with Crippen LogP contribution in [0.15, 0.2) is 64.9 Å². The van der Waals surface area contributed by atoms with Gasteiger partial charge in [-0.25, -0.2) is 8.42 Å². The van der Waals surface area contributed by atoms with Crippen LogP contribution >= 0.6 is 0 Å². The van der Waals surface area contributed by atoms with Gasteiger partial charge in [0.15, 0.2) is 5.76 Å². The molecule has 0 saturated heterocycles. The molecule has 0 aromatic heterocycles. The van der Waals surface area contributed by atoms with Gasteiger partial charge in [-0.15, -0.1) is 0 Å². The molecule has 0 fully saturated rings. The SMILES string of the molecule is CCN1c2ccccc2C2=C([C@H](c3ccc(OC)cc3)C(C#N)=C(N)O2)S1(=O)=O. The van der Waals surface area contributed by atoms with Gasteiger partial charge in [-0.1, -0.05) is 24.3 Å². The topological polar surface area (TPSA) is 106 Å². The van der Waals surface area contributed by atoms with Gasteiger partial charge in [0.25, 0.3) is 10.0 Å². The largest absolute Gasteiger partial charge is 0.497 e. The Hall–Kier alpha value is -3.44. The van der Waals surface area contributed by atoms with Gasteiger partial charge in [0, 0.05) is 12.1 Å². The summed E-state index contributed by atoms with van der Waals surface area (Å²) in [5.74, 6) is -0.177. The maximum absolute atomic E-state index is 13.6. The van der Waals surface area contributed by atoms with Crippen LogP contribution < -0.4 is 14.8 Å². The van der Waals surface area contributed by atoms with Crippen LogP contribution in [0.5, 0.6) is 5.75 Å². The summed E-state index contributed by atoms with van der Waals surface area (Å²) in [6, 6.07) is 16.0. The van der Waals surface area contributed by atoms with E-state index in [1.165, 1.54) is 4.31 Å². The van der Waals surface area contributed by atoms with E-state index in [0.29, 0.717) is 22.6 Å². The fourth-order valence-corrected chi connectivity index (χ4v) is 5.71. The summed E-state index contributed by atoms with van der Waals surface area (Å²) in [4.78, 5) is 0.0222. The van der Waals surface area contributed by atoms with Gasteiger partial charge in [0.1, 0.15) is 22.3 Å². The molecule has 0 saturated carbocycles. The molecule has 2 heterocycles. The molecule has 0 amide bonds. The van der Waals surface area contributed by atoms with E-state index in [4.69, 9.17) is 15.2 Å². The molecule has 0 spiro atoms. The summed E-state index contributed by atoms with van der Waals surface area (Å²) in [5, 5.41) is 9.75. The van der Waals surface area contributed by atoms with Crippen molar-refractivity contribution in [2.45, 2.75) is 12.8 Å². The van der Waals surface area contributed by atoms with E-state index in [1.807, 2.05) is 6.07 Å². The number of benzene rings is 2. The molecule has 0 unspecified atom stereocenters. The average molecular weight is 409 g/mol. The number of nitrogens with two attached hydrogens (primary N) is 1. The quantitative estimate of drug-likeness (QED) is 0.835. The Morgan fingerprint density at radius 2 is 1.90 bits per heavy atom. The first kappa shape index (κ1) is 18.9. The van der Waals surface area contributed by atoms with Crippen molar-refractivity contribution in [2.24, 2.45) is 5.73 Å². The number of allylic oxidation sites excluding steroid dienone is 2. The van der Waals surface area contributed by atoms with Crippen molar-refractivity contribution < 1.29 is 17.9 Å². The zero-order chi connectivity index (χ0) is 20.8. The van der Waals surface area contributed by atoms with Crippen LogP contribution in [0.4, 0.5) is 5.69 Å². The van der Waals surface area contributed by atoms with E-state index in [2.05, 4.69) is 0 Å². The Morgan fingerprint density at radius 3 is 2.52 bits per heavy atom. The third kappa shape index (κ3) is 2.74. The van der Waals surface area contributed by atoms with Crippen molar-refractivity contribution in [1.29, 1.82) is 5.26 Å². The van der Waals surface area contributed by atoms with Gasteiger partial charge in [-0.2, -0.15) is 5.26 Å². The van der Waals surface area contributed by atoms with Gasteiger partial charge in [-0.05, 0) is 36.8 Å². The second-order valence-electron chi connectivity index (χ2n) is 6.58. The lowest BCUT2D eigenvalue weighted by molar-refractivity contribution is 0.357. The highest BCUT2D eigenvalue weighted by Gasteiger charge is 2.46. The van der Waals surface area contributed by atoms with Crippen LogP contribution in [0.2, 0.25) is 0 Å². The lowest BCUT2D eigenvalue weighted by atomic mass is 9.88. The number of sulfonamides is 1. The highest BCUT2D eigenvalue weighted by Crippen LogP contribution is 2.50. The van der Waals surface area contributed by atoms with E-state index in [-0.39, 0.29) is 28.7 Å². The predicted molar refractivity (Wildman–Crippen MR) is 109 cm³/mol. The molecule has 2 aromatic rings. The van der Waals surface area contributed by atoms with Crippen LogP contribution in [-0.2, 0) is 14.8 Å². The highest BCUT2D eigenvalue weighted by atomic mass is 32.2. The van der Waals surface area contributed by atoms with Crippen molar-refractivity contribution in [3.8, 4) is 11.8 Å². The lowest BCUT2D eigenvalue weighted by Gasteiger charge is -2.37. The summed E-state index contributed by atoms with van der Waals surface area (Å²) in [6.45, 7) is 2.01. The molecule has 1 atom stereocenters. The molecule has 0 aliphatic carbocycles. The van der Waals surface area contributed by atoms with Gasteiger partial charge < -0.3 is 15.2 Å². The third-order valence-electron chi connectivity index (χ3n) is 5.09. The number of para-hydroxylation sites is 1. The Balaban J connectivity index is 2.03. The molecule has 2 aliphatic rings. The van der Waals surface area contributed by atoms with E-state index < -0.39 is 15.9 Å². The van der Waals surface area contributed by atoms with E-state index in [9.17, 15) is 13.7 Å². The number of anilines is 1. The first-order valence-corrected chi connectivity index (χ1v) is 10.5. The second-order valence-corrected chi connectivity index (χ2v) is 8.41. The van der Waals surface area contributed by atoms with Crippen molar-refractivity contribution in [3.05, 3.63) is 76.0 Å². The fraction of sp³-hybridized carbons (Fsp3) is 0.190. The molecule has 29 heavy (non-hydrogen) atoms. The van der Waals surface area contributed by atoms with Gasteiger partial charge >= 0.3 is 0 Å². The van der Waals surface area contributed by atoms with Crippen LogP contribution in [0.25, 0.3) is 5.76 Å². The second kappa shape index (κ2) is 6.87. The minimum absolute atomic E-state index is 0.0222. The van der Waals surface area contributed by atoms with Crippen LogP contribution in [-0.4, -0.2) is 22.1 Å². The predicted octanol–water partition coefficient (Wildman–Crippen LogP) is 3.04. The lowest BCUT2D eigenvalue weighted by Crippen LogP contribution is -2.39. The maximum Gasteiger partial charge on any atom is 0.265 e. The normalized spacial score (nSPS) is 19.8. The smallest absolute Gasteiger partial charge is 0.265 e. The van der Waals surface area contributed by atoms with Crippen LogP contribution in [0.3, 0.4) is 0 Å². The maximum atomic E-state index is 13.6. The highest BCUT2D eigenvalue weighted by molar-refractivity contribution is 7.97. The number of hydrogen-bond donors (Lipinski definition) is 1. The number of fused-ring (bicyclic) bond motifs is 2. The van der Waals surface area contributed by atoms with E-state index in [0.717, 1.165) is 0 Å². The minimum atomic E-state index is -3.95. The summed E-state index contributed by atoms with van der Waals surface area (Å²) in [7, 11) is -2.41. The van der Waals surface area contributed by atoms with Crippen molar-refractivity contribution >= 4 is 21.5 Å². The monoisotopic (exact) mass is 409 g/mol. The Morgan fingerprint density at radius 1 is 1.21 bits per heavy atom. The molecule has 4 rings (SSSR count). The van der Waals surface area contributed by atoms with Crippen LogP contribution in [0.1, 0.15) is 24.0 Å². The van der Waals surface area contributed by atoms with Gasteiger partial charge in [0.2, 0.25) is 5.88 Å². The number of hydrogen-bond acceptors (Lipinski definition) is 6. The fourth-order valence-electron chi connectivity index (χ4n) is 3.78. The first-order valence-electron chi connectivity index (χ1n) is 9.01. The summed E-state index contributed by atoms with van der Waals surface area (Å²) in [6.07, 6.45) is 0. The molecule has 2 aromatic carbocycles. The number of nitriles is 1.